The van der Waals surface area contributed by atoms with E-state index in [1.54, 1.807) is 26.4 Å². The molecule has 2 atom stereocenters. The predicted octanol–water partition coefficient (Wildman–Crippen LogP) is 2.51. The third kappa shape index (κ3) is 4.24. The maximum atomic E-state index is 12.0. The van der Waals surface area contributed by atoms with Crippen LogP contribution in [-0.4, -0.2) is 30.8 Å². The number of aliphatic hydroxyl groups is 1. The Morgan fingerprint density at radius 2 is 2.18 bits per heavy atom. The molecule has 1 heterocycles. The van der Waals surface area contributed by atoms with Crippen LogP contribution >= 0.6 is 0 Å². The SMILES string of the molecule is COc1ccc2c(CC(=O)NCC(C)CC(C)O)coc2c1. The number of methoxy groups -OCH3 is 1. The van der Waals surface area contributed by atoms with Crippen molar-refractivity contribution in [3.63, 3.8) is 0 Å². The normalized spacial score (nSPS) is 13.8. The van der Waals surface area contributed by atoms with Gasteiger partial charge in [-0.25, -0.2) is 0 Å². The van der Waals surface area contributed by atoms with Crippen LogP contribution in [0.3, 0.4) is 0 Å². The maximum absolute atomic E-state index is 12.0. The molecule has 1 amide bonds. The van der Waals surface area contributed by atoms with Crippen LogP contribution in [0, 0.1) is 5.92 Å². The van der Waals surface area contributed by atoms with Gasteiger partial charge in [-0.3, -0.25) is 4.79 Å². The minimum Gasteiger partial charge on any atom is -0.497 e. The molecule has 2 unspecified atom stereocenters. The van der Waals surface area contributed by atoms with Gasteiger partial charge in [0.15, 0.2) is 0 Å². The zero-order valence-electron chi connectivity index (χ0n) is 13.3. The number of rotatable bonds is 7. The second-order valence-electron chi connectivity index (χ2n) is 5.79. The molecule has 0 saturated heterocycles. The van der Waals surface area contributed by atoms with Crippen LogP contribution in [0.15, 0.2) is 28.9 Å². The lowest BCUT2D eigenvalue weighted by atomic mass is 10.0. The zero-order valence-corrected chi connectivity index (χ0v) is 13.3. The minimum atomic E-state index is -0.348. The highest BCUT2D eigenvalue weighted by atomic mass is 16.5. The molecule has 0 saturated carbocycles. The van der Waals surface area contributed by atoms with Crippen molar-refractivity contribution in [1.29, 1.82) is 0 Å². The number of fused-ring (bicyclic) bond motifs is 1. The monoisotopic (exact) mass is 305 g/mol. The first-order valence-corrected chi connectivity index (χ1v) is 7.48. The van der Waals surface area contributed by atoms with E-state index in [1.807, 2.05) is 19.1 Å². The van der Waals surface area contributed by atoms with E-state index in [1.165, 1.54) is 0 Å². The van der Waals surface area contributed by atoms with Crippen molar-refractivity contribution < 1.29 is 19.1 Å². The lowest BCUT2D eigenvalue weighted by Crippen LogP contribution is -2.30. The molecule has 0 aliphatic heterocycles. The minimum absolute atomic E-state index is 0.0454. The van der Waals surface area contributed by atoms with Gasteiger partial charge >= 0.3 is 0 Å². The van der Waals surface area contributed by atoms with Crippen LogP contribution in [0.5, 0.6) is 5.75 Å². The second kappa shape index (κ2) is 7.31. The Balaban J connectivity index is 1.94. The number of ether oxygens (including phenoxy) is 1. The Labute approximate surface area is 130 Å². The number of hydrogen-bond acceptors (Lipinski definition) is 4. The van der Waals surface area contributed by atoms with Gasteiger partial charge in [0.1, 0.15) is 11.3 Å². The molecule has 1 aromatic heterocycles. The van der Waals surface area contributed by atoms with Crippen molar-refractivity contribution in [1.82, 2.24) is 5.32 Å². The Kier molecular flexibility index (Phi) is 5.44. The summed E-state index contributed by atoms with van der Waals surface area (Å²) >= 11 is 0. The molecule has 22 heavy (non-hydrogen) atoms. The smallest absolute Gasteiger partial charge is 0.224 e. The van der Waals surface area contributed by atoms with Crippen molar-refractivity contribution in [3.05, 3.63) is 30.0 Å². The molecular weight excluding hydrogens is 282 g/mol. The largest absolute Gasteiger partial charge is 0.497 e. The van der Waals surface area contributed by atoms with E-state index in [4.69, 9.17) is 9.15 Å². The van der Waals surface area contributed by atoms with Gasteiger partial charge in [0.05, 0.1) is 25.9 Å². The molecule has 0 radical (unpaired) electrons. The molecule has 1 aromatic carbocycles. The highest BCUT2D eigenvalue weighted by Crippen LogP contribution is 2.25. The average Bonchev–Trinajstić information content (AvgIpc) is 2.86. The summed E-state index contributed by atoms with van der Waals surface area (Å²) in [5.41, 5.74) is 1.57. The number of carbonyl (C=O) groups excluding carboxylic acids is 1. The van der Waals surface area contributed by atoms with Gasteiger partial charge < -0.3 is 19.6 Å². The summed E-state index contributed by atoms with van der Waals surface area (Å²) in [6, 6.07) is 5.56. The molecule has 120 valence electrons. The lowest BCUT2D eigenvalue weighted by molar-refractivity contribution is -0.120. The quantitative estimate of drug-likeness (QED) is 0.824. The van der Waals surface area contributed by atoms with E-state index in [2.05, 4.69) is 5.32 Å². The van der Waals surface area contributed by atoms with Crippen LogP contribution in [0.25, 0.3) is 11.0 Å². The number of amides is 1. The topological polar surface area (TPSA) is 71.7 Å². The predicted molar refractivity (Wildman–Crippen MR) is 84.9 cm³/mol. The van der Waals surface area contributed by atoms with Gasteiger partial charge in [-0.2, -0.15) is 0 Å². The van der Waals surface area contributed by atoms with E-state index < -0.39 is 0 Å². The van der Waals surface area contributed by atoms with Gasteiger partial charge in [0.25, 0.3) is 0 Å². The van der Waals surface area contributed by atoms with Gasteiger partial charge in [0, 0.05) is 23.6 Å². The van der Waals surface area contributed by atoms with E-state index in [9.17, 15) is 9.90 Å². The first kappa shape index (κ1) is 16.4. The fraction of sp³-hybridized carbons (Fsp3) is 0.471. The number of carbonyl (C=O) groups is 1. The summed E-state index contributed by atoms with van der Waals surface area (Å²) in [5, 5.41) is 13.1. The molecule has 2 aromatic rings. The second-order valence-corrected chi connectivity index (χ2v) is 5.79. The number of hydrogen-bond donors (Lipinski definition) is 2. The molecule has 2 rings (SSSR count). The molecule has 0 aliphatic carbocycles. The molecule has 0 fully saturated rings. The Bertz CT molecular complexity index is 633. The Morgan fingerprint density at radius 1 is 1.41 bits per heavy atom. The van der Waals surface area contributed by atoms with Gasteiger partial charge in [-0.15, -0.1) is 0 Å². The third-order valence-electron chi connectivity index (χ3n) is 3.61. The molecule has 0 spiro atoms. The molecular formula is C17H23NO4. The summed E-state index contributed by atoms with van der Waals surface area (Å²) in [6.07, 6.45) is 2.22. The Hall–Kier alpha value is -2.01. The first-order chi connectivity index (χ1) is 10.5. The van der Waals surface area contributed by atoms with Gasteiger partial charge in [0.2, 0.25) is 5.91 Å². The summed E-state index contributed by atoms with van der Waals surface area (Å²) in [7, 11) is 1.60. The van der Waals surface area contributed by atoms with Crippen LogP contribution in [0.1, 0.15) is 25.8 Å². The number of aliphatic hydroxyl groups excluding tert-OH is 1. The van der Waals surface area contributed by atoms with Gasteiger partial charge in [-0.1, -0.05) is 6.92 Å². The summed E-state index contributed by atoms with van der Waals surface area (Å²) in [5.74, 6) is 0.926. The fourth-order valence-electron chi connectivity index (χ4n) is 2.52. The van der Waals surface area contributed by atoms with E-state index >= 15 is 0 Å². The zero-order chi connectivity index (χ0) is 16.1. The number of nitrogens with one attached hydrogen (secondary N) is 1. The summed E-state index contributed by atoms with van der Waals surface area (Å²) in [4.78, 5) is 12.0. The highest BCUT2D eigenvalue weighted by molar-refractivity contribution is 5.88. The molecule has 0 bridgehead atoms. The van der Waals surface area contributed by atoms with Crippen LogP contribution in [-0.2, 0) is 11.2 Å². The summed E-state index contributed by atoms with van der Waals surface area (Å²) < 4.78 is 10.6. The van der Waals surface area contributed by atoms with Crippen molar-refractivity contribution in [2.24, 2.45) is 5.92 Å². The van der Waals surface area contributed by atoms with Crippen molar-refractivity contribution in [2.75, 3.05) is 13.7 Å². The maximum Gasteiger partial charge on any atom is 0.224 e. The lowest BCUT2D eigenvalue weighted by Gasteiger charge is -2.14. The van der Waals surface area contributed by atoms with E-state index in [-0.39, 0.29) is 24.3 Å². The highest BCUT2D eigenvalue weighted by Gasteiger charge is 2.12. The van der Waals surface area contributed by atoms with Crippen molar-refractivity contribution >= 4 is 16.9 Å². The average molecular weight is 305 g/mol. The van der Waals surface area contributed by atoms with Crippen molar-refractivity contribution in [2.45, 2.75) is 32.8 Å². The van der Waals surface area contributed by atoms with E-state index in [0.717, 1.165) is 16.7 Å². The van der Waals surface area contributed by atoms with Crippen LogP contribution < -0.4 is 10.1 Å². The number of benzene rings is 1. The molecule has 0 aliphatic rings. The molecule has 2 N–H and O–H groups in total. The van der Waals surface area contributed by atoms with Crippen LogP contribution in [0.4, 0.5) is 0 Å². The van der Waals surface area contributed by atoms with Crippen molar-refractivity contribution in [3.8, 4) is 5.75 Å². The Morgan fingerprint density at radius 3 is 2.86 bits per heavy atom. The molecule has 5 heteroatoms. The molecule has 5 nitrogen and oxygen atoms in total. The third-order valence-corrected chi connectivity index (χ3v) is 3.61. The summed E-state index contributed by atoms with van der Waals surface area (Å²) in [6.45, 7) is 4.32. The number of furan rings is 1. The van der Waals surface area contributed by atoms with Crippen LogP contribution in [0.2, 0.25) is 0 Å². The van der Waals surface area contributed by atoms with E-state index in [0.29, 0.717) is 18.5 Å². The fourth-order valence-corrected chi connectivity index (χ4v) is 2.52. The first-order valence-electron chi connectivity index (χ1n) is 7.48. The standard InChI is InChI=1S/C17H23NO4/c1-11(6-12(2)19)9-18-17(20)7-13-10-22-16-8-14(21-3)4-5-15(13)16/h4-5,8,10-12,19H,6-7,9H2,1-3H3,(H,18,20). The van der Waals surface area contributed by atoms with Gasteiger partial charge in [-0.05, 0) is 31.4 Å².